The van der Waals surface area contributed by atoms with Gasteiger partial charge in [0.15, 0.2) is 0 Å². The summed E-state index contributed by atoms with van der Waals surface area (Å²) < 4.78 is 26.6. The third kappa shape index (κ3) is 4.27. The van der Waals surface area contributed by atoms with Gasteiger partial charge in [-0.15, -0.1) is 22.7 Å². The molecule has 1 unspecified atom stereocenters. The summed E-state index contributed by atoms with van der Waals surface area (Å²) >= 11 is 2.21. The smallest absolute Gasteiger partial charge is 0.266 e. The van der Waals surface area contributed by atoms with E-state index in [2.05, 4.69) is 5.32 Å². The zero-order chi connectivity index (χ0) is 18.8. The van der Waals surface area contributed by atoms with Gasteiger partial charge in [-0.2, -0.15) is 4.31 Å². The molecule has 0 aromatic carbocycles. The van der Waals surface area contributed by atoms with E-state index in [0.717, 1.165) is 16.2 Å². The number of anilines is 1. The molecule has 0 bridgehead atoms. The second-order valence-corrected chi connectivity index (χ2v) is 9.75. The predicted molar refractivity (Wildman–Crippen MR) is 101 cm³/mol. The monoisotopic (exact) mass is 403 g/mol. The molecule has 138 valence electrons. The second kappa shape index (κ2) is 7.94. The second-order valence-electron chi connectivity index (χ2n) is 5.25. The third-order valence-corrected chi connectivity index (χ3v) is 8.11. The molecule has 0 fully saturated rings. The number of aliphatic hydroxyl groups excluding tert-OH is 1. The van der Waals surface area contributed by atoms with Crippen molar-refractivity contribution in [1.29, 1.82) is 0 Å². The van der Waals surface area contributed by atoms with Gasteiger partial charge in [-0.25, -0.2) is 8.42 Å². The molecule has 0 saturated carbocycles. The van der Waals surface area contributed by atoms with Crippen molar-refractivity contribution in [3.63, 3.8) is 0 Å². The maximum atomic E-state index is 12.6. The maximum Gasteiger partial charge on any atom is 0.266 e. The molecule has 7 nitrogen and oxygen atoms in total. The Kier molecular flexibility index (Phi) is 6.35. The number of sulfonamides is 1. The molecular formula is C15H21N3O4S3. The number of amides is 1. The molecule has 25 heavy (non-hydrogen) atoms. The lowest BCUT2D eigenvalue weighted by Gasteiger charge is -2.16. The molecule has 0 radical (unpaired) electrons. The number of hydrogen-bond donors (Lipinski definition) is 3. The minimum absolute atomic E-state index is 0.0355. The van der Waals surface area contributed by atoms with Crippen LogP contribution in [0.1, 0.15) is 40.2 Å². The Balaban J connectivity index is 2.38. The van der Waals surface area contributed by atoms with Crippen molar-refractivity contribution in [3.05, 3.63) is 33.5 Å². The molecule has 0 spiro atoms. The molecule has 2 aromatic rings. The van der Waals surface area contributed by atoms with Crippen molar-refractivity contribution < 1.29 is 18.3 Å². The molecule has 0 aliphatic rings. The molecule has 1 amide bonds. The molecule has 2 heterocycles. The highest BCUT2D eigenvalue weighted by Gasteiger charge is 2.27. The number of nitrogens with one attached hydrogen (secondary N) is 1. The summed E-state index contributed by atoms with van der Waals surface area (Å²) in [5.41, 5.74) is 5.71. The molecule has 2 rings (SSSR count). The standard InChI is InChI=1S/C15H21N3O4S3/c1-4-18(5-2)25(21,22)12-8-10(13(16)19)15(24-12)17-14(20)11-7-6-9(3)23-11/h6-8,13,19H,4-5,16H2,1-3H3,(H,17,20). The Hall–Kier alpha value is -1.30. The zero-order valence-electron chi connectivity index (χ0n) is 14.1. The molecule has 4 N–H and O–H groups in total. The van der Waals surface area contributed by atoms with E-state index >= 15 is 0 Å². The zero-order valence-corrected chi connectivity index (χ0v) is 16.6. The van der Waals surface area contributed by atoms with Gasteiger partial charge in [0, 0.05) is 23.5 Å². The Morgan fingerprint density at radius 3 is 2.44 bits per heavy atom. The van der Waals surface area contributed by atoms with Gasteiger partial charge in [-0.1, -0.05) is 13.8 Å². The van der Waals surface area contributed by atoms with E-state index < -0.39 is 16.3 Å². The molecule has 10 heteroatoms. The summed E-state index contributed by atoms with van der Waals surface area (Å²) in [5, 5.41) is 12.6. The molecule has 1 atom stereocenters. The Labute approximate surface area is 155 Å². The van der Waals surface area contributed by atoms with Crippen molar-refractivity contribution in [1.82, 2.24) is 4.31 Å². The predicted octanol–water partition coefficient (Wildman–Crippen LogP) is 2.35. The molecule has 0 saturated heterocycles. The van der Waals surface area contributed by atoms with Gasteiger partial charge in [0.2, 0.25) is 0 Å². The van der Waals surface area contributed by atoms with E-state index in [0.29, 0.717) is 18.0 Å². The number of rotatable bonds is 7. The first-order valence-corrected chi connectivity index (χ1v) is 10.7. The van der Waals surface area contributed by atoms with Crippen LogP contribution >= 0.6 is 22.7 Å². The van der Waals surface area contributed by atoms with Gasteiger partial charge in [0.05, 0.1) is 4.88 Å². The largest absolute Gasteiger partial charge is 0.374 e. The Bertz CT molecular complexity index is 851. The molecule has 2 aromatic heterocycles. The summed E-state index contributed by atoms with van der Waals surface area (Å²) in [4.78, 5) is 13.8. The van der Waals surface area contributed by atoms with E-state index in [4.69, 9.17) is 5.73 Å². The van der Waals surface area contributed by atoms with Crippen molar-refractivity contribution in [2.24, 2.45) is 5.73 Å². The van der Waals surface area contributed by atoms with Crippen LogP contribution in [0.4, 0.5) is 5.00 Å². The van der Waals surface area contributed by atoms with Crippen LogP contribution in [0.25, 0.3) is 0 Å². The fraction of sp³-hybridized carbons (Fsp3) is 0.400. The summed E-state index contributed by atoms with van der Waals surface area (Å²) in [6, 6.07) is 4.83. The van der Waals surface area contributed by atoms with Crippen LogP contribution in [0.3, 0.4) is 0 Å². The first-order valence-electron chi connectivity index (χ1n) is 7.66. The lowest BCUT2D eigenvalue weighted by Crippen LogP contribution is -2.30. The SMILES string of the molecule is CCN(CC)S(=O)(=O)c1cc(C(N)O)c(NC(=O)c2ccc(C)s2)s1. The normalized spacial score (nSPS) is 13.2. The summed E-state index contributed by atoms with van der Waals surface area (Å²) in [6.07, 6.45) is -1.39. The van der Waals surface area contributed by atoms with Crippen LogP contribution in [-0.2, 0) is 10.0 Å². The average molecular weight is 404 g/mol. The molecule has 0 aliphatic carbocycles. The number of nitrogens with two attached hydrogens (primary N) is 1. The van der Waals surface area contributed by atoms with Gasteiger partial charge in [0.1, 0.15) is 15.4 Å². The van der Waals surface area contributed by atoms with Crippen LogP contribution in [0.5, 0.6) is 0 Å². The van der Waals surface area contributed by atoms with Crippen molar-refractivity contribution in [2.45, 2.75) is 31.2 Å². The highest BCUT2D eigenvalue weighted by molar-refractivity contribution is 7.91. The van der Waals surface area contributed by atoms with E-state index in [9.17, 15) is 18.3 Å². The summed E-state index contributed by atoms with van der Waals surface area (Å²) in [7, 11) is -3.70. The van der Waals surface area contributed by atoms with Gasteiger partial charge in [-0.3, -0.25) is 4.79 Å². The van der Waals surface area contributed by atoms with E-state index in [1.165, 1.54) is 21.7 Å². The summed E-state index contributed by atoms with van der Waals surface area (Å²) in [5.74, 6) is -0.367. The molecular weight excluding hydrogens is 382 g/mol. The van der Waals surface area contributed by atoms with Crippen LogP contribution in [-0.4, -0.2) is 36.8 Å². The first-order chi connectivity index (χ1) is 11.7. The van der Waals surface area contributed by atoms with Crippen LogP contribution < -0.4 is 11.1 Å². The Morgan fingerprint density at radius 2 is 1.96 bits per heavy atom. The number of hydrogen-bond acceptors (Lipinski definition) is 7. The van der Waals surface area contributed by atoms with Gasteiger partial charge in [-0.05, 0) is 25.1 Å². The average Bonchev–Trinajstić information content (AvgIpc) is 3.15. The number of aryl methyl sites for hydroxylation is 1. The lowest BCUT2D eigenvalue weighted by atomic mass is 10.3. The van der Waals surface area contributed by atoms with Crippen LogP contribution in [0.2, 0.25) is 0 Å². The van der Waals surface area contributed by atoms with Crippen molar-refractivity contribution in [3.8, 4) is 0 Å². The lowest BCUT2D eigenvalue weighted by molar-refractivity contribution is 0.103. The number of aliphatic hydroxyl groups is 1. The summed E-state index contributed by atoms with van der Waals surface area (Å²) in [6.45, 7) is 6.03. The Morgan fingerprint density at radius 1 is 1.32 bits per heavy atom. The van der Waals surface area contributed by atoms with E-state index in [-0.39, 0.29) is 20.7 Å². The van der Waals surface area contributed by atoms with E-state index in [1.807, 2.05) is 13.0 Å². The quantitative estimate of drug-likeness (QED) is 0.614. The van der Waals surface area contributed by atoms with E-state index in [1.54, 1.807) is 19.9 Å². The van der Waals surface area contributed by atoms with Crippen LogP contribution in [0.15, 0.2) is 22.4 Å². The fourth-order valence-electron chi connectivity index (χ4n) is 2.24. The minimum atomic E-state index is -3.70. The minimum Gasteiger partial charge on any atom is -0.374 e. The first kappa shape index (κ1) is 20.0. The number of thiophene rings is 2. The number of nitrogens with zero attached hydrogens (tertiary/aromatic N) is 1. The third-order valence-electron chi connectivity index (χ3n) is 3.55. The van der Waals surface area contributed by atoms with Crippen molar-refractivity contribution >= 4 is 43.6 Å². The topological polar surface area (TPSA) is 113 Å². The maximum absolute atomic E-state index is 12.6. The molecule has 0 aliphatic heterocycles. The highest BCUT2D eigenvalue weighted by atomic mass is 32.2. The van der Waals surface area contributed by atoms with Gasteiger partial charge >= 0.3 is 0 Å². The van der Waals surface area contributed by atoms with Crippen molar-refractivity contribution in [2.75, 3.05) is 18.4 Å². The number of carbonyl (C=O) groups is 1. The number of carbonyl (C=O) groups excluding carboxylic acids is 1. The van der Waals surface area contributed by atoms with Gasteiger partial charge < -0.3 is 16.2 Å². The van der Waals surface area contributed by atoms with Gasteiger partial charge in [0.25, 0.3) is 15.9 Å². The fourth-order valence-corrected chi connectivity index (χ4v) is 6.03. The highest BCUT2D eigenvalue weighted by Crippen LogP contribution is 2.36. The van der Waals surface area contributed by atoms with Crippen LogP contribution in [0, 0.1) is 6.92 Å².